The summed E-state index contributed by atoms with van der Waals surface area (Å²) in [7, 11) is 2.95. The molecule has 1 unspecified atom stereocenters. The summed E-state index contributed by atoms with van der Waals surface area (Å²) in [6.07, 6.45) is -1.98. The molecule has 0 spiro atoms. The number of benzene rings is 2. The van der Waals surface area contributed by atoms with Gasteiger partial charge in [-0.25, -0.2) is 9.29 Å². The number of methoxy groups -OCH3 is 2. The fourth-order valence-electron chi connectivity index (χ4n) is 2.74. The number of fused-ring (bicyclic) bond motifs is 1. The van der Waals surface area contributed by atoms with Crippen molar-refractivity contribution >= 4 is 17.4 Å². The summed E-state index contributed by atoms with van der Waals surface area (Å²) in [5, 5.41) is 0. The third kappa shape index (κ3) is 2.65. The highest BCUT2D eigenvalue weighted by atomic mass is 19.1. The number of hydrogen-bond acceptors (Lipinski definition) is 4. The maximum absolute atomic E-state index is 15.0. The van der Waals surface area contributed by atoms with Crippen LogP contribution in [0.4, 0.5) is 4.39 Å². The molecule has 0 aliphatic carbocycles. The molecule has 0 fully saturated rings. The third-order valence-corrected chi connectivity index (χ3v) is 4.09. The van der Waals surface area contributed by atoms with Crippen LogP contribution < -0.4 is 9.47 Å². The number of carbonyl (C=O) groups excluding carboxylic acids is 2. The second-order valence-electron chi connectivity index (χ2n) is 5.46. The highest BCUT2D eigenvalue weighted by Gasteiger charge is 2.41. The van der Waals surface area contributed by atoms with Gasteiger partial charge in [-0.1, -0.05) is 24.8 Å². The molecule has 25 heavy (non-hydrogen) atoms. The molecule has 0 radical (unpaired) electrons. The van der Waals surface area contributed by atoms with Crippen molar-refractivity contribution in [2.45, 2.75) is 6.30 Å². The molecule has 0 N–H and O–H groups in total. The predicted molar refractivity (Wildman–Crippen MR) is 90.4 cm³/mol. The van der Waals surface area contributed by atoms with E-state index < -0.39 is 18.1 Å². The number of alkyl halides is 1. The molecular weight excluding hydrogens is 325 g/mol. The van der Waals surface area contributed by atoms with Gasteiger partial charge in [0.2, 0.25) is 6.30 Å². The second-order valence-corrected chi connectivity index (χ2v) is 5.46. The molecule has 2 aromatic rings. The van der Waals surface area contributed by atoms with Crippen LogP contribution in [0.2, 0.25) is 0 Å². The molecule has 2 aromatic carbocycles. The van der Waals surface area contributed by atoms with Crippen LogP contribution in [0.5, 0.6) is 11.5 Å². The molecule has 1 aliphatic heterocycles. The van der Waals surface area contributed by atoms with Gasteiger partial charge in [0, 0.05) is 5.57 Å². The number of carbonyl (C=O) groups is 2. The van der Waals surface area contributed by atoms with E-state index in [1.807, 2.05) is 0 Å². The lowest BCUT2D eigenvalue weighted by molar-refractivity contribution is 0.0511. The zero-order chi connectivity index (χ0) is 18.1. The average molecular weight is 341 g/mol. The predicted octanol–water partition coefficient (Wildman–Crippen LogP) is 3.31. The van der Waals surface area contributed by atoms with Crippen LogP contribution in [0.25, 0.3) is 5.57 Å². The maximum atomic E-state index is 15.0. The van der Waals surface area contributed by atoms with Gasteiger partial charge in [0.25, 0.3) is 11.8 Å². The molecule has 0 bridgehead atoms. The molecule has 1 heterocycles. The van der Waals surface area contributed by atoms with Crippen molar-refractivity contribution in [1.82, 2.24) is 4.90 Å². The first kappa shape index (κ1) is 16.7. The van der Waals surface area contributed by atoms with Crippen LogP contribution in [0.15, 0.2) is 49.0 Å². The Hall–Kier alpha value is -3.15. The fourth-order valence-corrected chi connectivity index (χ4v) is 2.74. The lowest BCUT2D eigenvalue weighted by atomic mass is 10.1. The van der Waals surface area contributed by atoms with E-state index in [1.165, 1.54) is 26.4 Å². The van der Waals surface area contributed by atoms with Crippen molar-refractivity contribution in [2.24, 2.45) is 0 Å². The molecule has 3 rings (SSSR count). The number of hydrogen-bond donors (Lipinski definition) is 0. The van der Waals surface area contributed by atoms with E-state index in [2.05, 4.69) is 6.58 Å². The van der Waals surface area contributed by atoms with Crippen molar-refractivity contribution in [3.8, 4) is 11.5 Å². The van der Waals surface area contributed by atoms with Crippen LogP contribution in [0.3, 0.4) is 0 Å². The number of ether oxygens (including phenoxy) is 2. The standard InChI is InChI=1S/C19H16FNO4/c1-11(12-8-9-15(24-2)16(10-12)25-3)17(20)21-18(22)13-6-4-5-7-14(13)19(21)23/h4-10,17H,1H2,2-3H3. The summed E-state index contributed by atoms with van der Waals surface area (Å²) in [4.78, 5) is 25.4. The normalized spacial score (nSPS) is 14.3. The van der Waals surface area contributed by atoms with Crippen LogP contribution in [0.1, 0.15) is 26.3 Å². The Balaban J connectivity index is 1.92. The lowest BCUT2D eigenvalue weighted by Gasteiger charge is -2.21. The molecule has 6 heteroatoms. The summed E-state index contributed by atoms with van der Waals surface area (Å²) in [5.41, 5.74) is 0.766. The summed E-state index contributed by atoms with van der Waals surface area (Å²) in [6.45, 7) is 3.71. The monoisotopic (exact) mass is 341 g/mol. The molecule has 0 aromatic heterocycles. The van der Waals surface area contributed by atoms with Gasteiger partial charge in [0.15, 0.2) is 11.5 Å². The SMILES string of the molecule is C=C(c1ccc(OC)c(OC)c1)C(F)N1C(=O)c2ccccc2C1=O. The number of amides is 2. The smallest absolute Gasteiger partial charge is 0.264 e. The number of rotatable bonds is 5. The Morgan fingerprint density at radius 2 is 1.56 bits per heavy atom. The minimum atomic E-state index is -1.98. The number of halogens is 1. The van der Waals surface area contributed by atoms with E-state index in [1.54, 1.807) is 30.3 Å². The number of nitrogens with zero attached hydrogens (tertiary/aromatic N) is 1. The van der Waals surface area contributed by atoms with E-state index in [9.17, 15) is 14.0 Å². The van der Waals surface area contributed by atoms with Gasteiger partial charge in [-0.05, 0) is 29.8 Å². The van der Waals surface area contributed by atoms with Gasteiger partial charge < -0.3 is 9.47 Å². The molecular formula is C19H16FNO4. The zero-order valence-electron chi connectivity index (χ0n) is 13.8. The van der Waals surface area contributed by atoms with Crippen molar-refractivity contribution < 1.29 is 23.5 Å². The van der Waals surface area contributed by atoms with E-state index >= 15 is 0 Å². The van der Waals surface area contributed by atoms with Gasteiger partial charge in [-0.3, -0.25) is 9.59 Å². The van der Waals surface area contributed by atoms with Crippen molar-refractivity contribution in [1.29, 1.82) is 0 Å². The molecule has 0 saturated carbocycles. The first-order chi connectivity index (χ1) is 12.0. The highest BCUT2D eigenvalue weighted by Crippen LogP contribution is 2.34. The van der Waals surface area contributed by atoms with Crippen molar-refractivity contribution in [2.75, 3.05) is 14.2 Å². The van der Waals surface area contributed by atoms with Crippen LogP contribution in [-0.4, -0.2) is 37.2 Å². The van der Waals surface area contributed by atoms with E-state index in [0.717, 1.165) is 0 Å². The largest absolute Gasteiger partial charge is 0.493 e. The second kappa shape index (κ2) is 6.39. The first-order valence-corrected chi connectivity index (χ1v) is 7.51. The Morgan fingerprint density at radius 3 is 2.08 bits per heavy atom. The Kier molecular flexibility index (Phi) is 4.27. The van der Waals surface area contributed by atoms with Crippen molar-refractivity contribution in [3.05, 3.63) is 65.7 Å². The third-order valence-electron chi connectivity index (χ3n) is 4.09. The van der Waals surface area contributed by atoms with Gasteiger partial charge in [-0.15, -0.1) is 0 Å². The molecule has 1 atom stereocenters. The summed E-state index contributed by atoms with van der Waals surface area (Å²) in [5.74, 6) is -0.463. The molecule has 1 aliphatic rings. The maximum Gasteiger partial charge on any atom is 0.264 e. The van der Waals surface area contributed by atoms with E-state index in [4.69, 9.17) is 9.47 Å². The number of imide groups is 1. The van der Waals surface area contributed by atoms with Crippen molar-refractivity contribution in [3.63, 3.8) is 0 Å². The molecule has 2 amide bonds. The zero-order valence-corrected chi connectivity index (χ0v) is 13.8. The fraction of sp³-hybridized carbons (Fsp3) is 0.158. The topological polar surface area (TPSA) is 55.8 Å². The van der Waals surface area contributed by atoms with Gasteiger partial charge in [0.05, 0.1) is 25.3 Å². The summed E-state index contributed by atoms with van der Waals surface area (Å²) >= 11 is 0. The molecule has 128 valence electrons. The Morgan fingerprint density at radius 1 is 1.00 bits per heavy atom. The average Bonchev–Trinajstić information content (AvgIpc) is 2.91. The summed E-state index contributed by atoms with van der Waals surface area (Å²) < 4.78 is 25.3. The van der Waals surface area contributed by atoms with Crippen LogP contribution in [0, 0.1) is 0 Å². The highest BCUT2D eigenvalue weighted by molar-refractivity contribution is 6.22. The Labute approximate surface area is 144 Å². The van der Waals surface area contributed by atoms with Gasteiger partial charge in [-0.2, -0.15) is 0 Å². The van der Waals surface area contributed by atoms with E-state index in [0.29, 0.717) is 22.0 Å². The summed E-state index contributed by atoms with van der Waals surface area (Å²) in [6, 6.07) is 11.0. The minimum Gasteiger partial charge on any atom is -0.493 e. The lowest BCUT2D eigenvalue weighted by Crippen LogP contribution is -2.37. The van der Waals surface area contributed by atoms with Gasteiger partial charge >= 0.3 is 0 Å². The quantitative estimate of drug-likeness (QED) is 0.618. The minimum absolute atomic E-state index is 0.0181. The Bertz CT molecular complexity index is 842. The van der Waals surface area contributed by atoms with Gasteiger partial charge in [0.1, 0.15) is 0 Å². The molecule has 0 saturated heterocycles. The first-order valence-electron chi connectivity index (χ1n) is 7.51. The van der Waals surface area contributed by atoms with Crippen LogP contribution in [-0.2, 0) is 0 Å². The van der Waals surface area contributed by atoms with Crippen LogP contribution >= 0.6 is 0 Å². The molecule has 5 nitrogen and oxygen atoms in total. The van der Waals surface area contributed by atoms with E-state index in [-0.39, 0.29) is 16.7 Å².